The standard InChI is InChI=1S/C16H12Br2Cl2N2O2/c17-9-4-8(5-10(18)6-9)16(24)22-14(15(21)23)7-11-12(19)2-1-3-13(11)20/h1-6,14H,7H2,(H2,21,23)(H,22,24)/t14-/m1/s1. The largest absolute Gasteiger partial charge is 0.368 e. The van der Waals surface area contributed by atoms with E-state index in [4.69, 9.17) is 28.9 Å². The van der Waals surface area contributed by atoms with Crippen LogP contribution in [0.3, 0.4) is 0 Å². The Hall–Kier alpha value is -1.08. The van der Waals surface area contributed by atoms with E-state index in [1.54, 1.807) is 36.4 Å². The van der Waals surface area contributed by atoms with Crippen LogP contribution in [0.4, 0.5) is 0 Å². The number of halogens is 4. The van der Waals surface area contributed by atoms with Gasteiger partial charge in [0, 0.05) is 31.0 Å². The fourth-order valence-electron chi connectivity index (χ4n) is 2.08. The summed E-state index contributed by atoms with van der Waals surface area (Å²) in [6, 6.07) is 9.16. The first-order valence-corrected chi connectivity index (χ1v) is 9.11. The van der Waals surface area contributed by atoms with Gasteiger partial charge in [-0.25, -0.2) is 0 Å². The minimum atomic E-state index is -0.937. The van der Waals surface area contributed by atoms with E-state index >= 15 is 0 Å². The highest BCUT2D eigenvalue weighted by molar-refractivity contribution is 9.11. The third kappa shape index (κ3) is 4.96. The van der Waals surface area contributed by atoms with Crippen molar-refractivity contribution < 1.29 is 9.59 Å². The summed E-state index contributed by atoms with van der Waals surface area (Å²) < 4.78 is 1.46. The van der Waals surface area contributed by atoms with Crippen molar-refractivity contribution in [2.45, 2.75) is 12.5 Å². The second-order valence-electron chi connectivity index (χ2n) is 4.99. The number of hydrogen-bond donors (Lipinski definition) is 2. The first-order valence-electron chi connectivity index (χ1n) is 6.77. The number of hydrogen-bond acceptors (Lipinski definition) is 2. The van der Waals surface area contributed by atoms with E-state index in [1.165, 1.54) is 0 Å². The quantitative estimate of drug-likeness (QED) is 0.649. The molecule has 1 atom stereocenters. The Morgan fingerprint density at radius 1 is 1.08 bits per heavy atom. The van der Waals surface area contributed by atoms with Gasteiger partial charge in [-0.15, -0.1) is 0 Å². The molecule has 0 unspecified atom stereocenters. The number of nitrogens with one attached hydrogen (secondary N) is 1. The molecule has 2 rings (SSSR count). The molecule has 2 aromatic carbocycles. The molecule has 3 N–H and O–H groups in total. The van der Waals surface area contributed by atoms with E-state index in [1.807, 2.05) is 0 Å². The van der Waals surface area contributed by atoms with Crippen molar-refractivity contribution in [3.63, 3.8) is 0 Å². The molecule has 8 heteroatoms. The lowest BCUT2D eigenvalue weighted by atomic mass is 10.0. The number of carbonyl (C=O) groups excluding carboxylic acids is 2. The SMILES string of the molecule is NC(=O)[C@@H](Cc1c(Cl)cccc1Cl)NC(=O)c1cc(Br)cc(Br)c1. The van der Waals surface area contributed by atoms with Crippen molar-refractivity contribution in [2.75, 3.05) is 0 Å². The summed E-state index contributed by atoms with van der Waals surface area (Å²) in [5.74, 6) is -1.10. The molecular weight excluding hydrogens is 483 g/mol. The molecule has 0 spiro atoms. The molecule has 0 bridgehead atoms. The Kier molecular flexibility index (Phi) is 6.69. The van der Waals surface area contributed by atoms with Gasteiger partial charge in [-0.3, -0.25) is 9.59 Å². The van der Waals surface area contributed by atoms with Crippen LogP contribution in [0.5, 0.6) is 0 Å². The normalized spacial score (nSPS) is 11.8. The zero-order valence-electron chi connectivity index (χ0n) is 12.2. The highest BCUT2D eigenvalue weighted by atomic mass is 79.9. The molecule has 0 saturated heterocycles. The summed E-state index contributed by atoms with van der Waals surface area (Å²) >= 11 is 18.8. The molecule has 0 radical (unpaired) electrons. The maximum atomic E-state index is 12.4. The third-order valence-corrected chi connectivity index (χ3v) is 4.87. The number of carbonyl (C=O) groups is 2. The Labute approximate surface area is 166 Å². The van der Waals surface area contributed by atoms with Crippen LogP contribution in [0.15, 0.2) is 45.3 Å². The third-order valence-electron chi connectivity index (χ3n) is 3.24. The van der Waals surface area contributed by atoms with Gasteiger partial charge in [0.15, 0.2) is 0 Å². The lowest BCUT2D eigenvalue weighted by Gasteiger charge is -2.17. The smallest absolute Gasteiger partial charge is 0.252 e. The zero-order valence-corrected chi connectivity index (χ0v) is 16.8. The average molecular weight is 495 g/mol. The van der Waals surface area contributed by atoms with Crippen LogP contribution in [0, 0.1) is 0 Å². The molecule has 0 aliphatic heterocycles. The van der Waals surface area contributed by atoms with E-state index in [2.05, 4.69) is 37.2 Å². The van der Waals surface area contributed by atoms with Crippen LogP contribution >= 0.6 is 55.1 Å². The van der Waals surface area contributed by atoms with Gasteiger partial charge in [0.1, 0.15) is 6.04 Å². The molecule has 0 aromatic heterocycles. The zero-order chi connectivity index (χ0) is 17.9. The topological polar surface area (TPSA) is 72.2 Å². The van der Waals surface area contributed by atoms with Gasteiger partial charge < -0.3 is 11.1 Å². The summed E-state index contributed by atoms with van der Waals surface area (Å²) in [6.07, 6.45) is 0.106. The molecule has 0 aliphatic rings. The van der Waals surface area contributed by atoms with Crippen molar-refractivity contribution in [1.82, 2.24) is 5.32 Å². The molecule has 24 heavy (non-hydrogen) atoms. The van der Waals surface area contributed by atoms with Gasteiger partial charge in [0.2, 0.25) is 5.91 Å². The first-order chi connectivity index (χ1) is 11.3. The number of benzene rings is 2. The second-order valence-corrected chi connectivity index (χ2v) is 7.64. The van der Waals surface area contributed by atoms with Crippen molar-refractivity contribution in [1.29, 1.82) is 0 Å². The molecule has 126 valence electrons. The monoisotopic (exact) mass is 492 g/mol. The molecule has 0 saturated carbocycles. The fraction of sp³-hybridized carbons (Fsp3) is 0.125. The molecule has 0 heterocycles. The van der Waals surface area contributed by atoms with Crippen LogP contribution in [0.25, 0.3) is 0 Å². The van der Waals surface area contributed by atoms with Gasteiger partial charge in [-0.2, -0.15) is 0 Å². The van der Waals surface area contributed by atoms with Crippen molar-refractivity contribution >= 4 is 66.9 Å². The van der Waals surface area contributed by atoms with Gasteiger partial charge in [-0.1, -0.05) is 61.1 Å². The van der Waals surface area contributed by atoms with Gasteiger partial charge in [-0.05, 0) is 35.9 Å². The lowest BCUT2D eigenvalue weighted by molar-refractivity contribution is -0.119. The van der Waals surface area contributed by atoms with Crippen molar-refractivity contribution in [3.05, 3.63) is 66.5 Å². The van der Waals surface area contributed by atoms with Crippen LogP contribution in [0.2, 0.25) is 10.0 Å². The lowest BCUT2D eigenvalue weighted by Crippen LogP contribution is -2.46. The van der Waals surface area contributed by atoms with Crippen LogP contribution in [-0.4, -0.2) is 17.9 Å². The number of primary amides is 1. The summed E-state index contributed by atoms with van der Waals surface area (Å²) in [7, 11) is 0. The predicted octanol–water partition coefficient (Wildman–Crippen LogP) is 4.34. The highest BCUT2D eigenvalue weighted by Gasteiger charge is 2.22. The van der Waals surface area contributed by atoms with Gasteiger partial charge >= 0.3 is 0 Å². The maximum absolute atomic E-state index is 12.4. The predicted molar refractivity (Wildman–Crippen MR) is 102 cm³/mol. The maximum Gasteiger partial charge on any atom is 0.252 e. The Morgan fingerprint density at radius 3 is 2.12 bits per heavy atom. The second kappa shape index (κ2) is 8.34. The van der Waals surface area contributed by atoms with Crippen LogP contribution in [0.1, 0.15) is 15.9 Å². The summed E-state index contributed by atoms with van der Waals surface area (Å²) in [6.45, 7) is 0. The minimum Gasteiger partial charge on any atom is -0.368 e. The van der Waals surface area contributed by atoms with Crippen LogP contribution in [-0.2, 0) is 11.2 Å². The van der Waals surface area contributed by atoms with E-state index in [0.717, 1.165) is 8.95 Å². The Morgan fingerprint density at radius 2 is 1.62 bits per heavy atom. The summed E-state index contributed by atoms with van der Waals surface area (Å²) in [5.41, 5.74) is 6.35. The van der Waals surface area contributed by atoms with Gasteiger partial charge in [0.05, 0.1) is 0 Å². The van der Waals surface area contributed by atoms with E-state index in [-0.39, 0.29) is 6.42 Å². The highest BCUT2D eigenvalue weighted by Crippen LogP contribution is 2.26. The fourth-order valence-corrected chi connectivity index (χ4v) is 3.93. The molecular formula is C16H12Br2Cl2N2O2. The van der Waals surface area contributed by atoms with Crippen molar-refractivity contribution in [2.24, 2.45) is 5.73 Å². The minimum absolute atomic E-state index is 0.106. The van der Waals surface area contributed by atoms with Crippen molar-refractivity contribution in [3.8, 4) is 0 Å². The van der Waals surface area contributed by atoms with E-state index in [0.29, 0.717) is 21.2 Å². The Balaban J connectivity index is 2.22. The molecule has 0 fully saturated rings. The number of amides is 2. The molecule has 0 aliphatic carbocycles. The van der Waals surface area contributed by atoms with E-state index < -0.39 is 17.9 Å². The van der Waals surface area contributed by atoms with Crippen LogP contribution < -0.4 is 11.1 Å². The summed E-state index contributed by atoms with van der Waals surface area (Å²) in [4.78, 5) is 24.1. The summed E-state index contributed by atoms with van der Waals surface area (Å²) in [5, 5.41) is 3.44. The number of rotatable bonds is 5. The first kappa shape index (κ1) is 19.2. The molecule has 4 nitrogen and oxygen atoms in total. The Bertz CT molecular complexity index is 759. The van der Waals surface area contributed by atoms with E-state index in [9.17, 15) is 9.59 Å². The van der Waals surface area contributed by atoms with Gasteiger partial charge in [0.25, 0.3) is 5.91 Å². The molecule has 2 aromatic rings. The number of nitrogens with two attached hydrogens (primary N) is 1. The average Bonchev–Trinajstić information content (AvgIpc) is 2.48. The molecule has 2 amide bonds.